The van der Waals surface area contributed by atoms with E-state index in [1.807, 2.05) is 62.3 Å². The Bertz CT molecular complexity index is 1070. The Labute approximate surface area is 179 Å². The molecule has 0 unspecified atom stereocenters. The van der Waals surface area contributed by atoms with E-state index in [1.165, 1.54) is 0 Å². The highest BCUT2D eigenvalue weighted by Gasteiger charge is 2.19. The number of nitrogen functional groups attached to an aromatic ring is 1. The van der Waals surface area contributed by atoms with Gasteiger partial charge in [0.05, 0.1) is 16.6 Å². The molecular weight excluding hydrogens is 394 g/mol. The van der Waals surface area contributed by atoms with Gasteiger partial charge in [-0.1, -0.05) is 72.4 Å². The number of benzene rings is 2. The van der Waals surface area contributed by atoms with Gasteiger partial charge in [0.15, 0.2) is 5.16 Å². The molecule has 0 bridgehead atoms. The summed E-state index contributed by atoms with van der Waals surface area (Å²) in [6.07, 6.45) is 0. The Morgan fingerprint density at radius 2 is 1.50 bits per heavy atom. The van der Waals surface area contributed by atoms with Crippen LogP contribution in [-0.4, -0.2) is 39.0 Å². The van der Waals surface area contributed by atoms with E-state index < -0.39 is 0 Å². The summed E-state index contributed by atoms with van der Waals surface area (Å²) in [5, 5.41) is 0.734. The number of thioether (sulfide) groups is 1. The predicted octanol–water partition coefficient (Wildman–Crippen LogP) is 4.43. The van der Waals surface area contributed by atoms with Crippen LogP contribution in [0.5, 0.6) is 0 Å². The van der Waals surface area contributed by atoms with Gasteiger partial charge in [-0.15, -0.1) is 0 Å². The fourth-order valence-corrected chi connectivity index (χ4v) is 3.88. The Balaban J connectivity index is 1.69. The molecule has 3 N–H and O–H groups in total. The number of aromatic nitrogens is 5. The molecule has 0 fully saturated rings. The quantitative estimate of drug-likeness (QED) is 0.448. The zero-order valence-electron chi connectivity index (χ0n) is 17.1. The van der Waals surface area contributed by atoms with E-state index in [9.17, 15) is 0 Å². The average molecular weight is 418 g/mol. The highest BCUT2D eigenvalue weighted by Crippen LogP contribution is 2.37. The minimum atomic E-state index is -0.0626. The Morgan fingerprint density at radius 1 is 0.867 bits per heavy atom. The summed E-state index contributed by atoms with van der Waals surface area (Å²) >= 11 is 1.56. The number of hydrogen-bond acceptors (Lipinski definition) is 7. The summed E-state index contributed by atoms with van der Waals surface area (Å²) in [6, 6.07) is 20.4. The van der Waals surface area contributed by atoms with E-state index >= 15 is 0 Å². The lowest BCUT2D eigenvalue weighted by molar-refractivity contribution is 0.861. The number of nitrogens with one attached hydrogen (secondary N) is 1. The summed E-state index contributed by atoms with van der Waals surface area (Å²) in [5.74, 6) is 1.38. The van der Waals surface area contributed by atoms with Crippen LogP contribution in [0, 0.1) is 0 Å². The second-order valence-electron chi connectivity index (χ2n) is 7.00. The largest absolute Gasteiger partial charge is 0.368 e. The van der Waals surface area contributed by atoms with Crippen LogP contribution in [0.1, 0.15) is 18.0 Å². The first kappa shape index (κ1) is 19.9. The van der Waals surface area contributed by atoms with Gasteiger partial charge in [0.25, 0.3) is 0 Å². The number of hydrogen-bond donors (Lipinski definition) is 2. The monoisotopic (exact) mass is 417 g/mol. The maximum Gasteiger partial charge on any atom is 0.229 e. The third kappa shape index (κ3) is 4.28. The van der Waals surface area contributed by atoms with Crippen molar-refractivity contribution in [3.8, 4) is 22.5 Å². The van der Waals surface area contributed by atoms with E-state index in [2.05, 4.69) is 44.2 Å². The first-order valence-electron chi connectivity index (χ1n) is 9.57. The molecule has 0 aliphatic rings. The maximum absolute atomic E-state index is 5.89. The Hall–Kier alpha value is -3.39. The molecule has 2 aromatic heterocycles. The van der Waals surface area contributed by atoms with Crippen LogP contribution in [0.2, 0.25) is 0 Å². The minimum Gasteiger partial charge on any atom is -0.368 e. The molecule has 0 aliphatic carbocycles. The number of rotatable bonds is 6. The summed E-state index contributed by atoms with van der Waals surface area (Å²) < 4.78 is 0. The first-order valence-corrected chi connectivity index (χ1v) is 10.5. The van der Waals surface area contributed by atoms with Crippen molar-refractivity contribution in [3.05, 3.63) is 66.5 Å². The van der Waals surface area contributed by atoms with Gasteiger partial charge in [0, 0.05) is 25.2 Å². The van der Waals surface area contributed by atoms with E-state index in [0.717, 1.165) is 27.7 Å². The van der Waals surface area contributed by atoms with Gasteiger partial charge in [-0.05, 0) is 6.92 Å². The lowest BCUT2D eigenvalue weighted by Crippen LogP contribution is -2.16. The van der Waals surface area contributed by atoms with E-state index in [0.29, 0.717) is 11.8 Å². The molecule has 4 aromatic rings. The van der Waals surface area contributed by atoms with Crippen LogP contribution in [0.4, 0.5) is 11.9 Å². The molecule has 0 aliphatic heterocycles. The third-order valence-corrected chi connectivity index (χ3v) is 5.48. The fourth-order valence-electron chi connectivity index (χ4n) is 3.03. The highest BCUT2D eigenvalue weighted by atomic mass is 32.2. The number of imidazole rings is 1. The summed E-state index contributed by atoms with van der Waals surface area (Å²) in [4.78, 5) is 23.2. The van der Waals surface area contributed by atoms with Gasteiger partial charge in [0.2, 0.25) is 11.9 Å². The number of nitrogens with two attached hydrogens (primary N) is 1. The van der Waals surface area contributed by atoms with Crippen molar-refractivity contribution in [1.82, 2.24) is 24.9 Å². The second-order valence-corrected chi connectivity index (χ2v) is 8.33. The van der Waals surface area contributed by atoms with Gasteiger partial charge in [-0.3, -0.25) is 0 Å². The second kappa shape index (κ2) is 8.54. The normalized spacial score (nSPS) is 12.0. The molecule has 2 aromatic carbocycles. The summed E-state index contributed by atoms with van der Waals surface area (Å²) in [7, 11) is 3.75. The molecular formula is C22H23N7S. The minimum absolute atomic E-state index is 0.0626. The molecule has 0 amide bonds. The molecule has 30 heavy (non-hydrogen) atoms. The maximum atomic E-state index is 5.89. The van der Waals surface area contributed by atoms with Crippen molar-refractivity contribution in [2.45, 2.75) is 17.3 Å². The van der Waals surface area contributed by atoms with E-state index in [-0.39, 0.29) is 11.2 Å². The van der Waals surface area contributed by atoms with Crippen molar-refractivity contribution in [2.24, 2.45) is 0 Å². The molecule has 0 saturated heterocycles. The Morgan fingerprint density at radius 3 is 2.13 bits per heavy atom. The van der Waals surface area contributed by atoms with Gasteiger partial charge in [-0.25, -0.2) is 4.98 Å². The highest BCUT2D eigenvalue weighted by molar-refractivity contribution is 7.99. The lowest BCUT2D eigenvalue weighted by Gasteiger charge is -2.14. The molecule has 8 heteroatoms. The zero-order valence-corrected chi connectivity index (χ0v) is 17.9. The van der Waals surface area contributed by atoms with Gasteiger partial charge < -0.3 is 15.6 Å². The number of H-pyrrole nitrogens is 1. The van der Waals surface area contributed by atoms with Crippen LogP contribution >= 0.6 is 11.8 Å². The van der Waals surface area contributed by atoms with Gasteiger partial charge in [-0.2, -0.15) is 15.0 Å². The standard InChI is InChI=1S/C22H23N7S/c1-14(19-26-20(23)28-21(27-19)29(2)3)30-22-24-17(15-10-6-4-7-11-15)18(25-22)16-12-8-5-9-13-16/h4-14H,1-3H3,(H,24,25)(H2,23,26,27,28)/t14-/m1/s1. The number of aromatic amines is 1. The molecule has 0 spiro atoms. The smallest absolute Gasteiger partial charge is 0.229 e. The van der Waals surface area contributed by atoms with Crippen molar-refractivity contribution in [2.75, 3.05) is 24.7 Å². The zero-order chi connectivity index (χ0) is 21.1. The van der Waals surface area contributed by atoms with E-state index in [1.54, 1.807) is 11.8 Å². The van der Waals surface area contributed by atoms with Crippen molar-refractivity contribution < 1.29 is 0 Å². The predicted molar refractivity (Wildman–Crippen MR) is 122 cm³/mol. The molecule has 2 heterocycles. The Kier molecular flexibility index (Phi) is 5.67. The van der Waals surface area contributed by atoms with Crippen LogP contribution in [0.3, 0.4) is 0 Å². The van der Waals surface area contributed by atoms with Crippen molar-refractivity contribution >= 4 is 23.7 Å². The number of nitrogens with zero attached hydrogens (tertiary/aromatic N) is 5. The van der Waals surface area contributed by atoms with Gasteiger partial charge in [0.1, 0.15) is 5.82 Å². The third-order valence-electron chi connectivity index (χ3n) is 4.50. The SMILES string of the molecule is C[C@@H](Sc1nc(-c2ccccc2)c(-c2ccccc2)[nH]1)c1nc(N)nc(N(C)C)n1. The first-order chi connectivity index (χ1) is 14.5. The molecule has 0 radical (unpaired) electrons. The molecule has 7 nitrogen and oxygen atoms in total. The van der Waals surface area contributed by atoms with Crippen LogP contribution < -0.4 is 10.6 Å². The van der Waals surface area contributed by atoms with Crippen LogP contribution in [0.15, 0.2) is 65.8 Å². The van der Waals surface area contributed by atoms with Crippen LogP contribution in [0.25, 0.3) is 22.5 Å². The number of anilines is 2. The lowest BCUT2D eigenvalue weighted by atomic mass is 10.1. The molecule has 4 rings (SSSR count). The fraction of sp³-hybridized carbons (Fsp3) is 0.182. The van der Waals surface area contributed by atoms with Crippen molar-refractivity contribution in [1.29, 1.82) is 0 Å². The van der Waals surface area contributed by atoms with Gasteiger partial charge >= 0.3 is 0 Å². The average Bonchev–Trinajstić information content (AvgIpc) is 3.18. The molecule has 152 valence electrons. The topological polar surface area (TPSA) is 96.6 Å². The molecule has 0 saturated carbocycles. The molecule has 1 atom stereocenters. The van der Waals surface area contributed by atoms with E-state index in [4.69, 9.17) is 10.7 Å². The summed E-state index contributed by atoms with van der Waals surface area (Å²) in [6.45, 7) is 2.03. The van der Waals surface area contributed by atoms with Crippen molar-refractivity contribution in [3.63, 3.8) is 0 Å². The van der Waals surface area contributed by atoms with Crippen LogP contribution in [-0.2, 0) is 0 Å². The summed E-state index contributed by atoms with van der Waals surface area (Å²) in [5.41, 5.74) is 9.94.